The van der Waals surface area contributed by atoms with Gasteiger partial charge >= 0.3 is 163 Å². The second-order valence-corrected chi connectivity index (χ2v) is 42.3. The van der Waals surface area contributed by atoms with Gasteiger partial charge in [0.05, 0.1) is 37.5 Å². The van der Waals surface area contributed by atoms with Gasteiger partial charge in [0.15, 0.2) is 6.29 Å². The molecule has 12 nitrogen and oxygen atoms in total. The fraction of sp³-hybridized carbons (Fsp3) is 1.00. The Hall–Kier alpha value is 6.79. The summed E-state index contributed by atoms with van der Waals surface area (Å²) >= 11 is 4.74. The Kier molecular flexibility index (Phi) is 34.9. The van der Waals surface area contributed by atoms with Gasteiger partial charge in [0.25, 0.3) is 0 Å². The van der Waals surface area contributed by atoms with E-state index in [9.17, 15) is 10.2 Å². The number of hydrogen-bond donors (Lipinski definition) is 8. The zero-order valence-electron chi connectivity index (χ0n) is 17.7. The van der Waals surface area contributed by atoms with Crippen LogP contribution in [0.15, 0.2) is 0 Å². The van der Waals surface area contributed by atoms with Crippen LogP contribution in [0.1, 0.15) is 0 Å². The van der Waals surface area contributed by atoms with E-state index >= 15 is 0 Å². The maximum absolute atomic E-state index is 9.32. The number of ether oxygens (including phenoxy) is 2. The van der Waals surface area contributed by atoms with Crippen molar-refractivity contribution in [2.75, 3.05) is 13.2 Å². The van der Waals surface area contributed by atoms with E-state index in [0.29, 0.717) is 11.2 Å². The van der Waals surface area contributed by atoms with Crippen molar-refractivity contribution in [1.82, 2.24) is 0 Å². The Bertz CT molecular complexity index is 464. The first-order valence-electron chi connectivity index (χ1n) is 9.05. The van der Waals surface area contributed by atoms with E-state index < -0.39 is 86.3 Å². The van der Waals surface area contributed by atoms with E-state index in [0.717, 1.165) is 0 Å². The molecule has 0 aromatic rings. The largest absolute Gasteiger partial charge is 0.674 e. The molecule has 2 saturated heterocycles. The van der Waals surface area contributed by atoms with E-state index in [-0.39, 0.29) is 0 Å². The van der Waals surface area contributed by atoms with Crippen LogP contribution >= 0.6 is 76.4 Å². The topological polar surface area (TPSA) is 239 Å². The van der Waals surface area contributed by atoms with Gasteiger partial charge in [-0.05, 0) is 0 Å². The van der Waals surface area contributed by atoms with Gasteiger partial charge in [-0.1, -0.05) is 0 Å². The Morgan fingerprint density at radius 1 is 0.794 bits per heavy atom. The van der Waals surface area contributed by atoms with Gasteiger partial charge in [0, 0.05) is 0 Å². The number of halogens is 6. The molecular weight excluding hydrogens is 1190 g/mol. The van der Waals surface area contributed by atoms with Gasteiger partial charge < -0.3 is 63.0 Å². The van der Waals surface area contributed by atoms with Crippen LogP contribution in [0.5, 0.6) is 0 Å². The first-order valence-corrected chi connectivity index (χ1v) is 49.2. The van der Waals surface area contributed by atoms with Crippen molar-refractivity contribution in [1.29, 1.82) is 0 Å². The summed E-state index contributed by atoms with van der Waals surface area (Å²) in [5, 5.41) is 54.0. The van der Waals surface area contributed by atoms with Crippen LogP contribution < -0.4 is 11.5 Å². The molecule has 10 atom stereocenters. The molecule has 206 valence electrons. The van der Waals surface area contributed by atoms with E-state index in [2.05, 4.69) is 43.4 Å². The van der Waals surface area contributed by atoms with E-state index in [1.54, 1.807) is 0 Å². The average Bonchev–Trinajstić information content (AvgIpc) is 2.77. The number of aliphatic hydroxyl groups excluding tert-OH is 6. The molecule has 2 aliphatic rings. The summed E-state index contributed by atoms with van der Waals surface area (Å²) in [6.45, 7) is -0.848. The van der Waals surface area contributed by atoms with Crippen molar-refractivity contribution in [3.05, 3.63) is 11.5 Å². The maximum Gasteiger partial charge on any atom is 0.137 e. The number of hydrogen-bond acceptors (Lipinski definition) is 10. The Balaban J connectivity index is -0.000000411. The molecule has 2 unspecified atom stereocenters. The smallest absolute Gasteiger partial charge is 0.137 e. The summed E-state index contributed by atoms with van der Waals surface area (Å²) in [7, 11) is 20.0. The zero-order chi connectivity index (χ0) is 27.8. The van der Waals surface area contributed by atoms with Crippen LogP contribution in [0.4, 0.5) is 0 Å². The second kappa shape index (κ2) is 26.2. The van der Waals surface area contributed by atoms with Crippen molar-refractivity contribution in [3.63, 3.8) is 0 Å². The number of aliphatic hydroxyl groups is 6. The maximum atomic E-state index is 9.32. The minimum Gasteiger partial charge on any atom is -0.674 e. The van der Waals surface area contributed by atoms with Crippen molar-refractivity contribution < 1.29 is 63.2 Å². The summed E-state index contributed by atoms with van der Waals surface area (Å²) in [6, 6.07) is -3.90. The Morgan fingerprint density at radius 3 is 1.47 bits per heavy atom. The molecule has 34 heavy (non-hydrogen) atoms. The molecule has 0 aliphatic carbocycles. The second-order valence-electron chi connectivity index (χ2n) is 6.00. The van der Waals surface area contributed by atoms with Crippen LogP contribution in [0.25, 0.3) is 11.5 Å². The summed E-state index contributed by atoms with van der Waals surface area (Å²) in [6.07, 6.45) is -6.67. The molecule has 0 spiro atoms. The first kappa shape index (κ1) is 45.2. The van der Waals surface area contributed by atoms with Gasteiger partial charge in [-0.15, -0.1) is 12.1 Å². The third kappa shape index (κ3) is 21.5. The summed E-state index contributed by atoms with van der Waals surface area (Å²) in [5.41, 5.74) is 25.3. The fourth-order valence-electron chi connectivity index (χ4n) is 2.28. The fourth-order valence-corrected chi connectivity index (χ4v) is 2.28. The minimum absolute atomic E-state index is 0.390. The molecule has 12 N–H and O–H groups in total. The molecule has 2 aliphatic heterocycles. The molecular formula is C12H26Cl4I2K2N4O8Pt2. The van der Waals surface area contributed by atoms with Crippen molar-refractivity contribution in [2.45, 2.75) is 61.2 Å². The monoisotopic (exact) mass is 1220 g/mol. The molecule has 0 aromatic heterocycles. The number of nitrogens with one attached hydrogen (secondary N) is 2. The Morgan fingerprint density at radius 2 is 1.12 bits per heavy atom. The predicted molar refractivity (Wildman–Crippen MR) is 143 cm³/mol. The van der Waals surface area contributed by atoms with Gasteiger partial charge in [-0.25, -0.2) is 0 Å². The molecule has 2 rings (SSSR count). The molecule has 2 heterocycles. The predicted octanol–water partition coefficient (Wildman–Crippen LogP) is -0.627. The first-order chi connectivity index (χ1) is 15.6. The molecule has 0 saturated carbocycles. The minimum atomic E-state index is -3.06. The zero-order valence-corrected chi connectivity index (χ0v) is 35.9. The standard InChI is InChI=1S/C6H14N2O4.C6H12N2O4.4ClH.2HI.2K.2Pt/c2*7-3-4(8)6(11)12-2(1-9)5(3)10;;;;;;;;;;/h2-6,9-11H,1,7-8H2;2-11H,1H2;6*1H;;;;/q;-2;;;;;;;;;2*+4/p-6/t2*2-,3-,4-,5-,6?;;;;;;;;;;/m11........../s1. The van der Waals surface area contributed by atoms with Crippen LogP contribution in [0, 0.1) is 0 Å². The van der Waals surface area contributed by atoms with E-state index in [1.165, 1.54) is 63.2 Å². The van der Waals surface area contributed by atoms with Crippen LogP contribution in [0.3, 0.4) is 0 Å². The third-order valence-electron chi connectivity index (χ3n) is 3.98. The summed E-state index contributed by atoms with van der Waals surface area (Å²) < 4.78 is 9.46. The summed E-state index contributed by atoms with van der Waals surface area (Å²) in [4.78, 5) is 0. The molecule has 0 radical (unpaired) electrons. The SMILES string of the molecule is N[C@H]1[C@H](O)[C@@H](CO)OC(O)[C@@H]1N.[Cl][Pt]([Cl])([Cl])[Cl].[I][Pt+2][I].[K][K].[NH-][C@H]1[C@H](O)[C@@H](CO)OC(O)[C@@H]1[NH-]. The van der Waals surface area contributed by atoms with E-state index in [4.69, 9.17) is 85.8 Å². The average molecular weight is 1220 g/mol. The van der Waals surface area contributed by atoms with Crippen LogP contribution in [-0.4, -0.2) is 168 Å². The van der Waals surface area contributed by atoms with Crippen molar-refractivity contribution >= 4 is 140 Å². The van der Waals surface area contributed by atoms with Crippen LogP contribution in [-0.2, 0) is 32.6 Å². The Labute approximate surface area is 292 Å². The number of rotatable bonds is 2. The summed E-state index contributed by atoms with van der Waals surface area (Å²) in [5.74, 6) is 0. The molecule has 0 amide bonds. The van der Waals surface area contributed by atoms with Gasteiger partial charge in [-0.2, -0.15) is 0 Å². The van der Waals surface area contributed by atoms with E-state index in [1.807, 2.05) is 0 Å². The van der Waals surface area contributed by atoms with Crippen LogP contribution in [0.2, 0.25) is 0 Å². The normalized spacial score (nSPS) is 37.9. The molecule has 22 heteroatoms. The number of nitrogens with two attached hydrogens (primary N) is 2. The molecule has 0 aromatic carbocycles. The van der Waals surface area contributed by atoms with Crippen molar-refractivity contribution in [2.24, 2.45) is 11.5 Å². The van der Waals surface area contributed by atoms with Crippen molar-refractivity contribution in [3.8, 4) is 0 Å². The molecule has 0 bridgehead atoms. The quantitative estimate of drug-likeness (QED) is 0.129. The van der Waals surface area contributed by atoms with Gasteiger partial charge in [0.2, 0.25) is 0 Å². The van der Waals surface area contributed by atoms with Gasteiger partial charge in [0.1, 0.15) is 18.5 Å². The van der Waals surface area contributed by atoms with Gasteiger partial charge in [-0.3, -0.25) is 0 Å². The molecule has 2 fully saturated rings. The third-order valence-corrected chi connectivity index (χ3v) is 3.98.